The van der Waals surface area contributed by atoms with Crippen molar-refractivity contribution in [2.75, 3.05) is 39.3 Å². The Morgan fingerprint density at radius 3 is 2.21 bits per heavy atom. The summed E-state index contributed by atoms with van der Waals surface area (Å²) >= 11 is 3.50. The molecule has 0 unspecified atom stereocenters. The summed E-state index contributed by atoms with van der Waals surface area (Å²) in [6.45, 7) is 4.70. The van der Waals surface area contributed by atoms with Crippen LogP contribution in [0.25, 0.3) is 6.08 Å². The molecule has 2 fully saturated rings. The number of hydrogen-bond donors (Lipinski definition) is 0. The lowest BCUT2D eigenvalue weighted by atomic mass is 10.1. The summed E-state index contributed by atoms with van der Waals surface area (Å²) in [5.41, 5.74) is 1.75. The number of rotatable bonds is 4. The molecular weight excluding hydrogens is 430 g/mol. The number of amides is 2. The van der Waals surface area contributed by atoms with E-state index in [0.29, 0.717) is 6.04 Å². The minimum Gasteiger partial charge on any atom is -0.336 e. The van der Waals surface area contributed by atoms with E-state index in [4.69, 9.17) is 0 Å². The molecule has 2 saturated heterocycles. The van der Waals surface area contributed by atoms with Gasteiger partial charge in [0.1, 0.15) is 0 Å². The van der Waals surface area contributed by atoms with E-state index in [1.54, 1.807) is 6.08 Å². The smallest absolute Gasteiger partial charge is 0.253 e. The van der Waals surface area contributed by atoms with Crippen molar-refractivity contribution < 1.29 is 9.59 Å². The van der Waals surface area contributed by atoms with E-state index in [1.807, 2.05) is 70.5 Å². The predicted octanol–water partition coefficient (Wildman–Crippen LogP) is 3.13. The highest BCUT2D eigenvalue weighted by Crippen LogP contribution is 2.20. The lowest BCUT2D eigenvalue weighted by Crippen LogP contribution is -2.64. The lowest BCUT2D eigenvalue weighted by molar-refractivity contribution is -0.133. The second-order valence-corrected chi connectivity index (χ2v) is 8.30. The first-order valence-corrected chi connectivity index (χ1v) is 10.7. The van der Waals surface area contributed by atoms with Crippen LogP contribution in [-0.2, 0) is 4.79 Å². The summed E-state index contributed by atoms with van der Waals surface area (Å²) in [4.78, 5) is 31.1. The van der Waals surface area contributed by atoms with Crippen LogP contribution in [0.15, 0.2) is 65.1 Å². The molecule has 0 saturated carbocycles. The van der Waals surface area contributed by atoms with Gasteiger partial charge in [-0.1, -0.05) is 52.3 Å². The first kappa shape index (κ1) is 19.9. The molecule has 150 valence electrons. The molecule has 2 aliphatic rings. The van der Waals surface area contributed by atoms with Crippen LogP contribution >= 0.6 is 15.9 Å². The number of likely N-dealkylation sites (tertiary alicyclic amines) is 1. The molecular formula is C23H24BrN3O2. The maximum Gasteiger partial charge on any atom is 0.253 e. The SMILES string of the molecule is O=C(C=Cc1ccccc1Br)N1CC(N2CCN(C(=O)c3ccccc3)CC2)C1. The zero-order valence-electron chi connectivity index (χ0n) is 16.2. The number of piperazine rings is 1. The molecule has 2 amide bonds. The summed E-state index contributed by atoms with van der Waals surface area (Å²) in [6.07, 6.45) is 3.50. The summed E-state index contributed by atoms with van der Waals surface area (Å²) in [6, 6.07) is 17.7. The zero-order chi connectivity index (χ0) is 20.2. The highest BCUT2D eigenvalue weighted by atomic mass is 79.9. The standard InChI is InChI=1S/C23H24BrN3O2/c24-21-9-5-4-6-18(21)10-11-22(28)27-16-20(17-27)25-12-14-26(15-13-25)23(29)19-7-2-1-3-8-19/h1-11,20H,12-17H2. The van der Waals surface area contributed by atoms with Crippen molar-refractivity contribution in [1.82, 2.24) is 14.7 Å². The highest BCUT2D eigenvalue weighted by Gasteiger charge is 2.35. The van der Waals surface area contributed by atoms with Crippen LogP contribution in [0.4, 0.5) is 0 Å². The molecule has 0 aromatic heterocycles. The Balaban J connectivity index is 1.23. The van der Waals surface area contributed by atoms with E-state index < -0.39 is 0 Å². The van der Waals surface area contributed by atoms with Gasteiger partial charge in [0, 0.05) is 61.4 Å². The molecule has 2 aliphatic heterocycles. The molecule has 6 heteroatoms. The molecule has 0 N–H and O–H groups in total. The van der Waals surface area contributed by atoms with Crippen LogP contribution in [0.1, 0.15) is 15.9 Å². The quantitative estimate of drug-likeness (QED) is 0.667. The van der Waals surface area contributed by atoms with Crippen LogP contribution in [0.5, 0.6) is 0 Å². The van der Waals surface area contributed by atoms with Gasteiger partial charge in [-0.25, -0.2) is 0 Å². The van der Waals surface area contributed by atoms with Crippen molar-refractivity contribution in [2.45, 2.75) is 6.04 Å². The fraction of sp³-hybridized carbons (Fsp3) is 0.304. The third kappa shape index (κ3) is 4.60. The molecule has 0 atom stereocenters. The number of nitrogens with zero attached hydrogens (tertiary/aromatic N) is 3. The largest absolute Gasteiger partial charge is 0.336 e. The van der Waals surface area contributed by atoms with Gasteiger partial charge in [-0.3, -0.25) is 14.5 Å². The molecule has 29 heavy (non-hydrogen) atoms. The monoisotopic (exact) mass is 453 g/mol. The normalized spacial score (nSPS) is 18.1. The average Bonchev–Trinajstić information content (AvgIpc) is 2.73. The van der Waals surface area contributed by atoms with E-state index in [0.717, 1.165) is 54.9 Å². The fourth-order valence-corrected chi connectivity index (χ4v) is 4.21. The molecule has 0 radical (unpaired) electrons. The van der Waals surface area contributed by atoms with Gasteiger partial charge in [-0.05, 0) is 29.8 Å². The van der Waals surface area contributed by atoms with Crippen molar-refractivity contribution >= 4 is 33.8 Å². The van der Waals surface area contributed by atoms with Gasteiger partial charge in [0.2, 0.25) is 5.91 Å². The fourth-order valence-electron chi connectivity index (χ4n) is 3.80. The average molecular weight is 454 g/mol. The van der Waals surface area contributed by atoms with Gasteiger partial charge < -0.3 is 9.80 Å². The van der Waals surface area contributed by atoms with Crippen molar-refractivity contribution in [3.05, 3.63) is 76.3 Å². The summed E-state index contributed by atoms with van der Waals surface area (Å²) in [5.74, 6) is 0.155. The zero-order valence-corrected chi connectivity index (χ0v) is 17.8. The summed E-state index contributed by atoms with van der Waals surface area (Å²) in [5, 5.41) is 0. The Morgan fingerprint density at radius 1 is 0.862 bits per heavy atom. The van der Waals surface area contributed by atoms with Gasteiger partial charge >= 0.3 is 0 Å². The first-order chi connectivity index (χ1) is 14.1. The van der Waals surface area contributed by atoms with Crippen LogP contribution in [0.2, 0.25) is 0 Å². The van der Waals surface area contributed by atoms with Crippen molar-refractivity contribution in [3.63, 3.8) is 0 Å². The Bertz CT molecular complexity index is 901. The van der Waals surface area contributed by atoms with E-state index >= 15 is 0 Å². The molecule has 0 spiro atoms. The van der Waals surface area contributed by atoms with Crippen LogP contribution in [0.3, 0.4) is 0 Å². The minimum absolute atomic E-state index is 0.0508. The Kier molecular flexibility index (Phi) is 6.11. The molecule has 2 heterocycles. The van der Waals surface area contributed by atoms with E-state index in [9.17, 15) is 9.59 Å². The number of carbonyl (C=O) groups excluding carboxylic acids is 2. The van der Waals surface area contributed by atoms with Gasteiger partial charge in [-0.15, -0.1) is 0 Å². The van der Waals surface area contributed by atoms with Crippen molar-refractivity contribution in [3.8, 4) is 0 Å². The van der Waals surface area contributed by atoms with Crippen molar-refractivity contribution in [2.24, 2.45) is 0 Å². The van der Waals surface area contributed by atoms with Gasteiger partial charge in [0.25, 0.3) is 5.91 Å². The Hall–Kier alpha value is -2.44. The summed E-state index contributed by atoms with van der Waals surface area (Å²) in [7, 11) is 0. The number of benzene rings is 2. The predicted molar refractivity (Wildman–Crippen MR) is 117 cm³/mol. The van der Waals surface area contributed by atoms with Gasteiger partial charge in [0.05, 0.1) is 0 Å². The maximum atomic E-state index is 12.6. The molecule has 2 aromatic rings. The van der Waals surface area contributed by atoms with Crippen LogP contribution < -0.4 is 0 Å². The highest BCUT2D eigenvalue weighted by molar-refractivity contribution is 9.10. The summed E-state index contributed by atoms with van der Waals surface area (Å²) < 4.78 is 0.980. The second kappa shape index (κ2) is 8.93. The lowest BCUT2D eigenvalue weighted by Gasteiger charge is -2.47. The molecule has 5 nitrogen and oxygen atoms in total. The second-order valence-electron chi connectivity index (χ2n) is 7.45. The van der Waals surface area contributed by atoms with E-state index in [1.165, 1.54) is 0 Å². The van der Waals surface area contributed by atoms with E-state index in [2.05, 4.69) is 20.8 Å². The molecule has 2 aromatic carbocycles. The maximum absolute atomic E-state index is 12.6. The van der Waals surface area contributed by atoms with Gasteiger partial charge in [0.15, 0.2) is 0 Å². The van der Waals surface area contributed by atoms with E-state index in [-0.39, 0.29) is 11.8 Å². The number of hydrogen-bond acceptors (Lipinski definition) is 3. The molecule has 0 aliphatic carbocycles. The number of carbonyl (C=O) groups is 2. The third-order valence-electron chi connectivity index (χ3n) is 5.62. The number of halogens is 1. The molecule has 0 bridgehead atoms. The Labute approximate surface area is 179 Å². The molecule has 4 rings (SSSR count). The van der Waals surface area contributed by atoms with Crippen molar-refractivity contribution in [1.29, 1.82) is 0 Å². The van der Waals surface area contributed by atoms with Gasteiger partial charge in [-0.2, -0.15) is 0 Å². The first-order valence-electron chi connectivity index (χ1n) is 9.92. The van der Waals surface area contributed by atoms with Crippen LogP contribution in [-0.4, -0.2) is 71.8 Å². The minimum atomic E-state index is 0.0508. The van der Waals surface area contributed by atoms with Crippen LogP contribution in [0, 0.1) is 0 Å². The third-order valence-corrected chi connectivity index (χ3v) is 6.35. The Morgan fingerprint density at radius 2 is 1.52 bits per heavy atom. The topological polar surface area (TPSA) is 43.9 Å².